The Morgan fingerprint density at radius 3 is 2.50 bits per heavy atom. The molecule has 0 amide bonds. The normalized spacial score (nSPS) is 22.4. The molecule has 2 fully saturated rings. The van der Waals surface area contributed by atoms with Crippen LogP contribution in [0.25, 0.3) is 10.2 Å². The van der Waals surface area contributed by atoms with Crippen LogP contribution < -0.4 is 5.32 Å². The number of fused-ring (bicyclic) bond motifs is 1. The molecule has 1 aliphatic heterocycles. The van der Waals surface area contributed by atoms with Gasteiger partial charge in [0.1, 0.15) is 17.0 Å². The number of piperidine rings is 1. The number of halogens is 3. The standard InChI is InChI=1S/C24H27F3N4S/c1-15-10-20(15)17-4-2-16(3-5-17)13-31-8-6-18(7-9-31)30-22-21-11-19(12-24(25,26)27)32-23(21)29-14-28-22/h2-5,11,14-15,18,20H,6-10,12-13H2,1H3,(H,28,29,30)/t15-,20-/m0/s1. The summed E-state index contributed by atoms with van der Waals surface area (Å²) in [6, 6.07) is 10.9. The molecule has 3 heterocycles. The van der Waals surface area contributed by atoms with Gasteiger partial charge < -0.3 is 5.32 Å². The Kier molecular flexibility index (Phi) is 5.84. The molecule has 2 aromatic heterocycles. The Balaban J connectivity index is 1.17. The predicted octanol–water partition coefficient (Wildman–Crippen LogP) is 6.00. The van der Waals surface area contributed by atoms with Crippen LogP contribution in [0.1, 0.15) is 48.1 Å². The van der Waals surface area contributed by atoms with E-state index in [9.17, 15) is 13.2 Å². The Labute approximate surface area is 189 Å². The molecule has 1 aromatic carbocycles. The van der Waals surface area contributed by atoms with Crippen molar-refractivity contribution in [3.63, 3.8) is 0 Å². The molecule has 0 bridgehead atoms. The molecule has 170 valence electrons. The molecule has 1 saturated carbocycles. The second-order valence-electron chi connectivity index (χ2n) is 9.20. The first kappa shape index (κ1) is 21.6. The first-order chi connectivity index (χ1) is 15.3. The summed E-state index contributed by atoms with van der Waals surface area (Å²) < 4.78 is 38.3. The fourth-order valence-corrected chi connectivity index (χ4v) is 5.68. The molecule has 5 rings (SSSR count). The SMILES string of the molecule is C[C@H]1C[C@@H]1c1ccc(CN2CCC(Nc3ncnc4sc(CC(F)(F)F)cc34)CC2)cc1. The minimum absolute atomic E-state index is 0.258. The van der Waals surface area contributed by atoms with Crippen LogP contribution >= 0.6 is 11.3 Å². The van der Waals surface area contributed by atoms with Gasteiger partial charge in [0.15, 0.2) is 0 Å². The lowest BCUT2D eigenvalue weighted by molar-refractivity contribution is -0.126. The van der Waals surface area contributed by atoms with Crippen LogP contribution in [0.2, 0.25) is 0 Å². The molecule has 0 unspecified atom stereocenters. The third-order valence-corrected chi connectivity index (χ3v) is 7.65. The lowest BCUT2D eigenvalue weighted by atomic mass is 10.0. The maximum absolute atomic E-state index is 12.8. The van der Waals surface area contributed by atoms with E-state index < -0.39 is 12.6 Å². The van der Waals surface area contributed by atoms with Gasteiger partial charge in [0.2, 0.25) is 0 Å². The number of nitrogens with one attached hydrogen (secondary N) is 1. The topological polar surface area (TPSA) is 41.0 Å². The first-order valence-electron chi connectivity index (χ1n) is 11.2. The van der Waals surface area contributed by atoms with Crippen molar-refractivity contribution >= 4 is 27.4 Å². The van der Waals surface area contributed by atoms with Crippen molar-refractivity contribution in [2.45, 2.75) is 57.3 Å². The largest absolute Gasteiger partial charge is 0.393 e. The van der Waals surface area contributed by atoms with Crippen LogP contribution in [0.5, 0.6) is 0 Å². The fourth-order valence-electron chi connectivity index (χ4n) is 4.65. The smallest absolute Gasteiger partial charge is 0.367 e. The monoisotopic (exact) mass is 460 g/mol. The molecular weight excluding hydrogens is 433 g/mol. The molecule has 8 heteroatoms. The van der Waals surface area contributed by atoms with Crippen LogP contribution in [-0.4, -0.2) is 40.2 Å². The van der Waals surface area contributed by atoms with Crippen LogP contribution in [0.4, 0.5) is 19.0 Å². The summed E-state index contributed by atoms with van der Waals surface area (Å²) in [5, 5.41) is 4.15. The molecule has 0 spiro atoms. The van der Waals surface area contributed by atoms with E-state index >= 15 is 0 Å². The second-order valence-corrected chi connectivity index (χ2v) is 10.3. The summed E-state index contributed by atoms with van der Waals surface area (Å²) in [7, 11) is 0. The number of likely N-dealkylation sites (tertiary alicyclic amines) is 1. The number of alkyl halides is 3. The van der Waals surface area contributed by atoms with E-state index in [1.807, 2.05) is 0 Å². The highest BCUT2D eigenvalue weighted by Gasteiger charge is 2.33. The van der Waals surface area contributed by atoms with Crippen molar-refractivity contribution in [3.8, 4) is 0 Å². The van der Waals surface area contributed by atoms with Gasteiger partial charge in [-0.2, -0.15) is 13.2 Å². The van der Waals surface area contributed by atoms with Crippen molar-refractivity contribution in [2.24, 2.45) is 5.92 Å². The summed E-state index contributed by atoms with van der Waals surface area (Å²) in [5.74, 6) is 2.23. The molecule has 2 aliphatic rings. The summed E-state index contributed by atoms with van der Waals surface area (Å²) in [6.07, 6.45) is -0.448. The average molecular weight is 461 g/mol. The van der Waals surface area contributed by atoms with Gasteiger partial charge in [-0.3, -0.25) is 4.90 Å². The highest BCUT2D eigenvalue weighted by molar-refractivity contribution is 7.18. The number of nitrogens with zero attached hydrogens (tertiary/aromatic N) is 3. The molecule has 3 aromatic rings. The van der Waals surface area contributed by atoms with Gasteiger partial charge in [0.25, 0.3) is 0 Å². The number of aromatic nitrogens is 2. The molecule has 1 saturated heterocycles. The van der Waals surface area contributed by atoms with Crippen molar-refractivity contribution < 1.29 is 13.2 Å². The van der Waals surface area contributed by atoms with E-state index in [0.717, 1.165) is 55.6 Å². The number of rotatable bonds is 6. The number of thiophene rings is 1. The van der Waals surface area contributed by atoms with Crippen LogP contribution in [0.15, 0.2) is 36.7 Å². The number of benzene rings is 1. The minimum atomic E-state index is -4.22. The van der Waals surface area contributed by atoms with Gasteiger partial charge in [-0.15, -0.1) is 11.3 Å². The average Bonchev–Trinajstić information content (AvgIpc) is 3.33. The van der Waals surface area contributed by atoms with Crippen LogP contribution in [0.3, 0.4) is 0 Å². The van der Waals surface area contributed by atoms with Gasteiger partial charge in [-0.25, -0.2) is 9.97 Å². The van der Waals surface area contributed by atoms with E-state index in [-0.39, 0.29) is 10.9 Å². The molecule has 4 nitrogen and oxygen atoms in total. The van der Waals surface area contributed by atoms with Crippen molar-refractivity contribution in [1.82, 2.24) is 14.9 Å². The highest BCUT2D eigenvalue weighted by Crippen LogP contribution is 2.46. The number of hydrogen-bond acceptors (Lipinski definition) is 5. The van der Waals surface area contributed by atoms with E-state index in [4.69, 9.17) is 0 Å². The van der Waals surface area contributed by atoms with Crippen molar-refractivity contribution in [2.75, 3.05) is 18.4 Å². The Morgan fingerprint density at radius 1 is 1.12 bits per heavy atom. The first-order valence-corrected chi connectivity index (χ1v) is 12.0. The van der Waals surface area contributed by atoms with Crippen molar-refractivity contribution in [3.05, 3.63) is 52.7 Å². The van der Waals surface area contributed by atoms with Gasteiger partial charge in [-0.1, -0.05) is 31.2 Å². The fraction of sp³-hybridized carbons (Fsp3) is 0.500. The molecular formula is C24H27F3N4S. The van der Waals surface area contributed by atoms with E-state index in [2.05, 4.69) is 51.4 Å². The maximum Gasteiger partial charge on any atom is 0.393 e. The zero-order valence-electron chi connectivity index (χ0n) is 18.0. The van der Waals surface area contributed by atoms with Crippen molar-refractivity contribution in [1.29, 1.82) is 0 Å². The van der Waals surface area contributed by atoms with Crippen LogP contribution in [-0.2, 0) is 13.0 Å². The minimum Gasteiger partial charge on any atom is -0.367 e. The lowest BCUT2D eigenvalue weighted by Crippen LogP contribution is -2.38. The lowest BCUT2D eigenvalue weighted by Gasteiger charge is -2.32. The quantitative estimate of drug-likeness (QED) is 0.490. The summed E-state index contributed by atoms with van der Waals surface area (Å²) in [6.45, 7) is 5.23. The Hall–Kier alpha value is -2.19. The van der Waals surface area contributed by atoms with E-state index in [0.29, 0.717) is 16.0 Å². The summed E-state index contributed by atoms with van der Waals surface area (Å²) >= 11 is 1.09. The zero-order valence-corrected chi connectivity index (χ0v) is 18.8. The van der Waals surface area contributed by atoms with Crippen LogP contribution in [0, 0.1) is 5.92 Å². The summed E-state index contributed by atoms with van der Waals surface area (Å²) in [5.41, 5.74) is 2.81. The number of anilines is 1. The second kappa shape index (κ2) is 8.63. The Morgan fingerprint density at radius 2 is 1.84 bits per heavy atom. The molecule has 0 radical (unpaired) electrons. The molecule has 1 aliphatic carbocycles. The molecule has 32 heavy (non-hydrogen) atoms. The highest BCUT2D eigenvalue weighted by atomic mass is 32.1. The van der Waals surface area contributed by atoms with Gasteiger partial charge in [0, 0.05) is 30.6 Å². The van der Waals surface area contributed by atoms with Gasteiger partial charge >= 0.3 is 6.18 Å². The van der Waals surface area contributed by atoms with E-state index in [1.54, 1.807) is 6.07 Å². The van der Waals surface area contributed by atoms with Gasteiger partial charge in [0.05, 0.1) is 11.8 Å². The third-order valence-electron chi connectivity index (χ3n) is 6.61. The maximum atomic E-state index is 12.8. The Bertz CT molecular complexity index is 1070. The molecule has 2 atom stereocenters. The summed E-state index contributed by atoms with van der Waals surface area (Å²) in [4.78, 5) is 11.8. The third kappa shape index (κ3) is 5.07. The molecule has 1 N–H and O–H groups in total. The van der Waals surface area contributed by atoms with Gasteiger partial charge in [-0.05, 0) is 48.3 Å². The zero-order chi connectivity index (χ0) is 22.3. The predicted molar refractivity (Wildman–Crippen MR) is 122 cm³/mol. The number of hydrogen-bond donors (Lipinski definition) is 1. The van der Waals surface area contributed by atoms with E-state index in [1.165, 1.54) is 23.9 Å².